The van der Waals surface area contributed by atoms with Crippen LogP contribution in [0.2, 0.25) is 0 Å². The molecule has 0 aliphatic heterocycles. The maximum absolute atomic E-state index is 9.05. The SMILES string of the molecule is COc1ccc(OCC2(C#N)CCC2)cc1. The monoisotopic (exact) mass is 217 g/mol. The van der Waals surface area contributed by atoms with Crippen molar-refractivity contribution in [1.29, 1.82) is 5.26 Å². The van der Waals surface area contributed by atoms with Crippen molar-refractivity contribution in [2.24, 2.45) is 5.41 Å². The van der Waals surface area contributed by atoms with Gasteiger partial charge in [-0.15, -0.1) is 0 Å². The molecule has 1 aromatic rings. The van der Waals surface area contributed by atoms with Crippen LogP contribution in [0.15, 0.2) is 24.3 Å². The fourth-order valence-corrected chi connectivity index (χ4v) is 1.79. The summed E-state index contributed by atoms with van der Waals surface area (Å²) in [6.45, 7) is 0.496. The number of methoxy groups -OCH3 is 1. The summed E-state index contributed by atoms with van der Waals surface area (Å²) >= 11 is 0. The molecular weight excluding hydrogens is 202 g/mol. The molecule has 0 atom stereocenters. The summed E-state index contributed by atoms with van der Waals surface area (Å²) in [7, 11) is 1.63. The van der Waals surface area contributed by atoms with Gasteiger partial charge in [0.2, 0.25) is 0 Å². The molecule has 0 N–H and O–H groups in total. The zero-order chi connectivity index (χ0) is 11.4. The van der Waals surface area contributed by atoms with Crippen LogP contribution in [0.1, 0.15) is 19.3 Å². The van der Waals surface area contributed by atoms with Gasteiger partial charge in [-0.2, -0.15) is 5.26 Å². The van der Waals surface area contributed by atoms with Crippen LogP contribution in [-0.4, -0.2) is 13.7 Å². The molecule has 1 aliphatic carbocycles. The summed E-state index contributed by atoms with van der Waals surface area (Å²) in [4.78, 5) is 0. The molecule has 3 heteroatoms. The van der Waals surface area contributed by atoms with Crippen molar-refractivity contribution >= 4 is 0 Å². The quantitative estimate of drug-likeness (QED) is 0.778. The van der Waals surface area contributed by atoms with Crippen LogP contribution >= 0.6 is 0 Å². The van der Waals surface area contributed by atoms with Gasteiger partial charge in [0.1, 0.15) is 18.1 Å². The standard InChI is InChI=1S/C13H15NO2/c1-15-11-3-5-12(6-4-11)16-10-13(9-14)7-2-8-13/h3-6H,2,7-8,10H2,1H3. The zero-order valence-corrected chi connectivity index (χ0v) is 9.40. The van der Waals surface area contributed by atoms with E-state index >= 15 is 0 Å². The lowest BCUT2D eigenvalue weighted by Gasteiger charge is -2.34. The Morgan fingerprint density at radius 3 is 2.31 bits per heavy atom. The van der Waals surface area contributed by atoms with Gasteiger partial charge in [0, 0.05) is 0 Å². The highest BCUT2D eigenvalue weighted by Crippen LogP contribution is 2.40. The van der Waals surface area contributed by atoms with Gasteiger partial charge in [-0.25, -0.2) is 0 Å². The first kappa shape index (κ1) is 10.8. The van der Waals surface area contributed by atoms with Crippen molar-refractivity contribution in [2.75, 3.05) is 13.7 Å². The van der Waals surface area contributed by atoms with Gasteiger partial charge in [-0.3, -0.25) is 0 Å². The van der Waals surface area contributed by atoms with Gasteiger partial charge in [0.15, 0.2) is 0 Å². The third kappa shape index (κ3) is 2.11. The van der Waals surface area contributed by atoms with Crippen molar-refractivity contribution in [2.45, 2.75) is 19.3 Å². The molecule has 0 aromatic heterocycles. The average Bonchev–Trinajstić information content (AvgIpc) is 2.29. The lowest BCUT2D eigenvalue weighted by Crippen LogP contribution is -2.34. The summed E-state index contributed by atoms with van der Waals surface area (Å²) in [5.74, 6) is 1.60. The lowest BCUT2D eigenvalue weighted by atomic mass is 9.71. The lowest BCUT2D eigenvalue weighted by molar-refractivity contribution is 0.115. The van der Waals surface area contributed by atoms with E-state index in [1.807, 2.05) is 24.3 Å². The van der Waals surface area contributed by atoms with Crippen LogP contribution in [0, 0.1) is 16.7 Å². The summed E-state index contributed by atoms with van der Waals surface area (Å²) in [6, 6.07) is 9.80. The molecule has 16 heavy (non-hydrogen) atoms. The smallest absolute Gasteiger partial charge is 0.119 e. The van der Waals surface area contributed by atoms with Crippen LogP contribution < -0.4 is 9.47 Å². The fourth-order valence-electron chi connectivity index (χ4n) is 1.79. The Labute approximate surface area is 95.6 Å². The van der Waals surface area contributed by atoms with Crippen molar-refractivity contribution in [3.05, 3.63) is 24.3 Å². The van der Waals surface area contributed by atoms with Crippen LogP contribution in [0.5, 0.6) is 11.5 Å². The second kappa shape index (κ2) is 4.44. The van der Waals surface area contributed by atoms with Gasteiger partial charge in [0.05, 0.1) is 18.6 Å². The van der Waals surface area contributed by atoms with Crippen molar-refractivity contribution in [3.8, 4) is 17.6 Å². The molecule has 1 aromatic carbocycles. The molecule has 1 saturated carbocycles. The molecule has 0 spiro atoms. The number of ether oxygens (including phenoxy) is 2. The van der Waals surface area contributed by atoms with Gasteiger partial charge in [-0.1, -0.05) is 6.42 Å². The molecule has 0 unspecified atom stereocenters. The molecule has 0 heterocycles. The highest BCUT2D eigenvalue weighted by molar-refractivity contribution is 5.31. The highest BCUT2D eigenvalue weighted by Gasteiger charge is 2.38. The number of hydrogen-bond acceptors (Lipinski definition) is 3. The maximum atomic E-state index is 9.05. The van der Waals surface area contributed by atoms with E-state index in [4.69, 9.17) is 14.7 Å². The third-order valence-electron chi connectivity index (χ3n) is 3.12. The van der Waals surface area contributed by atoms with Crippen LogP contribution in [-0.2, 0) is 0 Å². The minimum atomic E-state index is -0.236. The van der Waals surface area contributed by atoms with Gasteiger partial charge in [0.25, 0.3) is 0 Å². The summed E-state index contributed by atoms with van der Waals surface area (Å²) < 4.78 is 10.7. The second-order valence-electron chi connectivity index (χ2n) is 4.21. The predicted molar refractivity (Wildman–Crippen MR) is 60.4 cm³/mol. The van der Waals surface area contributed by atoms with Crippen molar-refractivity contribution in [3.63, 3.8) is 0 Å². The molecule has 0 radical (unpaired) electrons. The normalized spacial score (nSPS) is 17.0. The second-order valence-corrected chi connectivity index (χ2v) is 4.21. The molecule has 2 rings (SSSR count). The Kier molecular flexibility index (Phi) is 3.00. The van der Waals surface area contributed by atoms with Crippen LogP contribution in [0.4, 0.5) is 0 Å². The molecule has 1 aliphatic rings. The van der Waals surface area contributed by atoms with Gasteiger partial charge < -0.3 is 9.47 Å². The Morgan fingerprint density at radius 1 is 1.25 bits per heavy atom. The molecule has 1 fully saturated rings. The Hall–Kier alpha value is -1.69. The highest BCUT2D eigenvalue weighted by atomic mass is 16.5. The van der Waals surface area contributed by atoms with E-state index in [9.17, 15) is 0 Å². The molecule has 84 valence electrons. The number of hydrogen-bond donors (Lipinski definition) is 0. The molecule has 3 nitrogen and oxygen atoms in total. The van der Waals surface area contributed by atoms with E-state index in [-0.39, 0.29) is 5.41 Å². The van der Waals surface area contributed by atoms with Crippen LogP contribution in [0.3, 0.4) is 0 Å². The Bertz CT molecular complexity index is 387. The molecule has 0 amide bonds. The topological polar surface area (TPSA) is 42.2 Å². The number of nitrogens with zero attached hydrogens (tertiary/aromatic N) is 1. The molecular formula is C13H15NO2. The first-order chi connectivity index (χ1) is 7.78. The minimum absolute atomic E-state index is 0.236. The van der Waals surface area contributed by atoms with Crippen LogP contribution in [0.25, 0.3) is 0 Å². The minimum Gasteiger partial charge on any atom is -0.497 e. The van der Waals surface area contributed by atoms with E-state index in [2.05, 4.69) is 6.07 Å². The number of benzene rings is 1. The Balaban J connectivity index is 1.92. The van der Waals surface area contributed by atoms with E-state index in [0.717, 1.165) is 30.8 Å². The first-order valence-corrected chi connectivity index (χ1v) is 5.46. The third-order valence-corrected chi connectivity index (χ3v) is 3.12. The predicted octanol–water partition coefficient (Wildman–Crippen LogP) is 2.77. The largest absolute Gasteiger partial charge is 0.497 e. The summed E-state index contributed by atoms with van der Waals surface area (Å²) in [5, 5.41) is 9.05. The Morgan fingerprint density at radius 2 is 1.88 bits per heavy atom. The number of nitriles is 1. The van der Waals surface area contributed by atoms with E-state index in [0.29, 0.717) is 6.61 Å². The fraction of sp³-hybridized carbons (Fsp3) is 0.462. The molecule has 0 bridgehead atoms. The van der Waals surface area contributed by atoms with Crippen molar-refractivity contribution in [1.82, 2.24) is 0 Å². The summed E-state index contributed by atoms with van der Waals surface area (Å²) in [5.41, 5.74) is -0.236. The van der Waals surface area contributed by atoms with E-state index < -0.39 is 0 Å². The summed E-state index contributed by atoms with van der Waals surface area (Å²) in [6.07, 6.45) is 3.05. The van der Waals surface area contributed by atoms with E-state index in [1.165, 1.54) is 0 Å². The van der Waals surface area contributed by atoms with Gasteiger partial charge >= 0.3 is 0 Å². The van der Waals surface area contributed by atoms with E-state index in [1.54, 1.807) is 7.11 Å². The van der Waals surface area contributed by atoms with Crippen molar-refractivity contribution < 1.29 is 9.47 Å². The number of rotatable bonds is 4. The first-order valence-electron chi connectivity index (χ1n) is 5.46. The maximum Gasteiger partial charge on any atom is 0.119 e. The zero-order valence-electron chi connectivity index (χ0n) is 9.40. The average molecular weight is 217 g/mol. The molecule has 0 saturated heterocycles. The van der Waals surface area contributed by atoms with Gasteiger partial charge in [-0.05, 0) is 37.1 Å².